The molecule has 0 aromatic rings. The van der Waals surface area contributed by atoms with Crippen LogP contribution in [-0.4, -0.2) is 24.4 Å². The molecule has 0 amide bonds. The van der Waals surface area contributed by atoms with Gasteiger partial charge in [-0.1, -0.05) is 6.92 Å². The van der Waals surface area contributed by atoms with Crippen molar-refractivity contribution in [3.63, 3.8) is 0 Å². The molecule has 0 spiro atoms. The van der Waals surface area contributed by atoms with Gasteiger partial charge in [-0.25, -0.2) is 0 Å². The largest absolute Gasteiger partial charge is 0.375 e. The number of rotatable bonds is 2. The molecule has 0 aromatic heterocycles. The molecule has 1 aliphatic carbocycles. The third-order valence-corrected chi connectivity index (χ3v) is 5.17. The van der Waals surface area contributed by atoms with Gasteiger partial charge in [-0.3, -0.25) is 0 Å². The van der Waals surface area contributed by atoms with E-state index in [0.29, 0.717) is 12.2 Å². The molecule has 2 heteroatoms. The average Bonchev–Trinajstić information content (AvgIpc) is 2.64. The summed E-state index contributed by atoms with van der Waals surface area (Å²) >= 11 is 0. The van der Waals surface area contributed by atoms with Crippen molar-refractivity contribution in [3.05, 3.63) is 0 Å². The first-order valence-electron chi connectivity index (χ1n) is 6.89. The molecule has 2 nitrogen and oxygen atoms in total. The summed E-state index contributed by atoms with van der Waals surface area (Å²) in [6.45, 7) is 7.92. The molecule has 3 rings (SSSR count). The van der Waals surface area contributed by atoms with Crippen molar-refractivity contribution in [1.29, 1.82) is 0 Å². The molecule has 2 heterocycles. The van der Waals surface area contributed by atoms with Crippen LogP contribution < -0.4 is 0 Å². The van der Waals surface area contributed by atoms with Gasteiger partial charge in [0, 0.05) is 6.61 Å². The molecule has 2 saturated heterocycles. The molecule has 3 aliphatic rings. The van der Waals surface area contributed by atoms with E-state index in [1.807, 2.05) is 0 Å². The first-order chi connectivity index (χ1) is 7.60. The lowest BCUT2D eigenvalue weighted by Gasteiger charge is -2.33. The van der Waals surface area contributed by atoms with Crippen molar-refractivity contribution < 1.29 is 9.47 Å². The van der Waals surface area contributed by atoms with Crippen LogP contribution in [0.4, 0.5) is 0 Å². The van der Waals surface area contributed by atoms with Crippen molar-refractivity contribution in [2.45, 2.75) is 64.3 Å². The van der Waals surface area contributed by atoms with Gasteiger partial charge in [0.25, 0.3) is 0 Å². The lowest BCUT2D eigenvalue weighted by Crippen LogP contribution is -2.35. The van der Waals surface area contributed by atoms with Gasteiger partial charge in [0.15, 0.2) is 0 Å². The third-order valence-electron chi connectivity index (χ3n) is 5.17. The molecule has 16 heavy (non-hydrogen) atoms. The Bertz CT molecular complexity index is 270. The van der Waals surface area contributed by atoms with Gasteiger partial charge in [-0.05, 0) is 57.3 Å². The molecule has 0 N–H and O–H groups in total. The number of epoxide rings is 1. The van der Waals surface area contributed by atoms with E-state index in [9.17, 15) is 0 Å². The van der Waals surface area contributed by atoms with Crippen LogP contribution in [0, 0.1) is 17.8 Å². The minimum atomic E-state index is 0.173. The smallest absolute Gasteiger partial charge is 0.0867 e. The van der Waals surface area contributed by atoms with Crippen molar-refractivity contribution in [3.8, 4) is 0 Å². The van der Waals surface area contributed by atoms with E-state index < -0.39 is 0 Å². The van der Waals surface area contributed by atoms with Crippen LogP contribution in [-0.2, 0) is 9.47 Å². The average molecular weight is 224 g/mol. The zero-order valence-corrected chi connectivity index (χ0v) is 10.7. The minimum Gasteiger partial charge on any atom is -0.375 e. The van der Waals surface area contributed by atoms with Gasteiger partial charge in [0.1, 0.15) is 0 Å². The van der Waals surface area contributed by atoms with Crippen molar-refractivity contribution >= 4 is 0 Å². The normalized spacial score (nSPS) is 56.8. The van der Waals surface area contributed by atoms with Crippen LogP contribution >= 0.6 is 0 Å². The maximum atomic E-state index is 6.03. The Morgan fingerprint density at radius 3 is 2.50 bits per heavy atom. The van der Waals surface area contributed by atoms with Crippen LogP contribution in [0.3, 0.4) is 0 Å². The van der Waals surface area contributed by atoms with Crippen molar-refractivity contribution in [2.75, 3.05) is 6.61 Å². The second-order valence-corrected chi connectivity index (χ2v) is 6.39. The summed E-state index contributed by atoms with van der Waals surface area (Å²) in [4.78, 5) is 0. The van der Waals surface area contributed by atoms with Crippen LogP contribution in [0.15, 0.2) is 0 Å². The first-order valence-corrected chi connectivity index (χ1v) is 6.89. The summed E-state index contributed by atoms with van der Waals surface area (Å²) in [6.07, 6.45) is 6.27. The topological polar surface area (TPSA) is 21.8 Å². The molecule has 6 atom stereocenters. The second-order valence-electron chi connectivity index (χ2n) is 6.39. The van der Waals surface area contributed by atoms with E-state index in [0.717, 1.165) is 24.4 Å². The summed E-state index contributed by atoms with van der Waals surface area (Å²) in [7, 11) is 0. The Hall–Kier alpha value is -0.0800. The van der Waals surface area contributed by atoms with Crippen molar-refractivity contribution in [1.82, 2.24) is 0 Å². The van der Waals surface area contributed by atoms with Crippen LogP contribution in [0.1, 0.15) is 46.5 Å². The molecule has 2 aliphatic heterocycles. The van der Waals surface area contributed by atoms with Crippen LogP contribution in [0.2, 0.25) is 0 Å². The van der Waals surface area contributed by atoms with E-state index in [1.54, 1.807) is 0 Å². The Kier molecular flexibility index (Phi) is 2.56. The Balaban J connectivity index is 1.67. The summed E-state index contributed by atoms with van der Waals surface area (Å²) in [5.41, 5.74) is 0.173. The molecule has 3 fully saturated rings. The molecule has 0 bridgehead atoms. The van der Waals surface area contributed by atoms with Crippen LogP contribution in [0.5, 0.6) is 0 Å². The highest BCUT2D eigenvalue weighted by atomic mass is 16.6. The fourth-order valence-corrected chi connectivity index (χ4v) is 4.21. The zero-order chi connectivity index (χ0) is 11.3. The quantitative estimate of drug-likeness (QED) is 0.673. The standard InChI is InChI=1S/C14H24O2/c1-9-7-11(13-10(2)16-13)8-12(9)14(3)5-4-6-15-14/h9-13H,4-8H2,1-3H3. The molecule has 6 unspecified atom stereocenters. The fourth-order valence-electron chi connectivity index (χ4n) is 4.21. The van der Waals surface area contributed by atoms with Crippen LogP contribution in [0.25, 0.3) is 0 Å². The van der Waals surface area contributed by atoms with E-state index in [-0.39, 0.29) is 5.60 Å². The summed E-state index contributed by atoms with van der Waals surface area (Å²) in [6, 6.07) is 0. The molecule has 0 radical (unpaired) electrons. The minimum absolute atomic E-state index is 0.173. The predicted octanol–water partition coefficient (Wildman–Crippen LogP) is 3.01. The maximum Gasteiger partial charge on any atom is 0.0867 e. The van der Waals surface area contributed by atoms with Gasteiger partial charge in [0.05, 0.1) is 17.8 Å². The predicted molar refractivity (Wildman–Crippen MR) is 63.3 cm³/mol. The summed E-state index contributed by atoms with van der Waals surface area (Å²) in [5, 5.41) is 0. The van der Waals surface area contributed by atoms with Gasteiger partial charge in [-0.2, -0.15) is 0 Å². The Morgan fingerprint density at radius 1 is 1.19 bits per heavy atom. The fraction of sp³-hybridized carbons (Fsp3) is 1.00. The van der Waals surface area contributed by atoms with Gasteiger partial charge >= 0.3 is 0 Å². The Morgan fingerprint density at radius 2 is 1.94 bits per heavy atom. The lowest BCUT2D eigenvalue weighted by molar-refractivity contribution is -0.0403. The zero-order valence-electron chi connectivity index (χ0n) is 10.7. The molecular weight excluding hydrogens is 200 g/mol. The highest BCUT2D eigenvalue weighted by Gasteiger charge is 2.51. The third kappa shape index (κ3) is 1.70. The molecule has 1 saturated carbocycles. The first kappa shape index (κ1) is 11.0. The highest BCUT2D eigenvalue weighted by Crippen LogP contribution is 2.51. The Labute approximate surface area is 98.7 Å². The lowest BCUT2D eigenvalue weighted by atomic mass is 9.80. The molecule has 92 valence electrons. The van der Waals surface area contributed by atoms with Gasteiger partial charge < -0.3 is 9.47 Å². The number of hydrogen-bond acceptors (Lipinski definition) is 2. The summed E-state index contributed by atoms with van der Waals surface area (Å²) < 4.78 is 11.7. The van der Waals surface area contributed by atoms with E-state index >= 15 is 0 Å². The summed E-state index contributed by atoms with van der Waals surface area (Å²) in [5.74, 6) is 2.37. The van der Waals surface area contributed by atoms with E-state index in [1.165, 1.54) is 25.7 Å². The number of ether oxygens (including phenoxy) is 2. The number of hydrogen-bond donors (Lipinski definition) is 0. The highest BCUT2D eigenvalue weighted by molar-refractivity contribution is 5.00. The van der Waals surface area contributed by atoms with Crippen molar-refractivity contribution in [2.24, 2.45) is 17.8 Å². The maximum absolute atomic E-state index is 6.03. The van der Waals surface area contributed by atoms with E-state index in [4.69, 9.17) is 9.47 Å². The van der Waals surface area contributed by atoms with Gasteiger partial charge in [0.2, 0.25) is 0 Å². The molecule has 0 aromatic carbocycles. The SMILES string of the molecule is CC1CC(C2OC2C)CC1C1(C)CCCO1. The second kappa shape index (κ2) is 3.71. The van der Waals surface area contributed by atoms with Gasteiger partial charge in [-0.15, -0.1) is 0 Å². The monoisotopic (exact) mass is 224 g/mol. The van der Waals surface area contributed by atoms with E-state index in [2.05, 4.69) is 20.8 Å². The molecular formula is C14H24O2.